The van der Waals surface area contributed by atoms with E-state index in [0.29, 0.717) is 5.56 Å². The number of hydrogen-bond acceptors (Lipinski definition) is 3. The van der Waals surface area contributed by atoms with Gasteiger partial charge < -0.3 is 4.90 Å². The van der Waals surface area contributed by atoms with Gasteiger partial charge in [-0.05, 0) is 37.5 Å². The molecule has 0 spiro atoms. The zero-order chi connectivity index (χ0) is 17.5. The number of likely N-dealkylation sites (tertiary alicyclic amines) is 1. The molecule has 0 unspecified atom stereocenters. The van der Waals surface area contributed by atoms with Gasteiger partial charge in [-0.15, -0.1) is 0 Å². The normalized spacial score (nSPS) is 15.0. The lowest BCUT2D eigenvalue weighted by Crippen LogP contribution is -2.35. The lowest BCUT2D eigenvalue weighted by molar-refractivity contribution is 0.0726. The number of piperidine rings is 1. The van der Waals surface area contributed by atoms with Gasteiger partial charge in [0.1, 0.15) is 0 Å². The Labute approximate surface area is 150 Å². The number of carbonyl (C=O) groups excluding carboxylic acids is 1. The summed E-state index contributed by atoms with van der Waals surface area (Å²) >= 11 is 0. The van der Waals surface area contributed by atoms with E-state index in [1.165, 1.54) is 6.42 Å². The number of rotatable bonds is 2. The number of benzene rings is 1. The van der Waals surface area contributed by atoms with Crippen LogP contribution in [0.3, 0.4) is 0 Å². The van der Waals surface area contributed by atoms with E-state index < -0.39 is 0 Å². The summed E-state index contributed by atoms with van der Waals surface area (Å²) < 4.78 is 1.86. The third kappa shape index (κ3) is 2.37. The average Bonchev–Trinajstić information content (AvgIpc) is 3.34. The van der Waals surface area contributed by atoms with Crippen LogP contribution in [0.5, 0.6) is 0 Å². The Morgan fingerprint density at radius 2 is 1.92 bits per heavy atom. The molecule has 3 aromatic heterocycles. The minimum Gasteiger partial charge on any atom is -0.339 e. The maximum Gasteiger partial charge on any atom is 0.257 e. The third-order valence-electron chi connectivity index (χ3n) is 5.15. The fourth-order valence-corrected chi connectivity index (χ4v) is 3.76. The molecule has 1 fully saturated rings. The van der Waals surface area contributed by atoms with Gasteiger partial charge in [-0.1, -0.05) is 18.2 Å². The molecular weight excluding hydrogens is 326 g/mol. The van der Waals surface area contributed by atoms with Gasteiger partial charge in [-0.25, -0.2) is 4.52 Å². The summed E-state index contributed by atoms with van der Waals surface area (Å²) in [6, 6.07) is 12.1. The summed E-state index contributed by atoms with van der Waals surface area (Å²) in [6.07, 6.45) is 6.88. The maximum atomic E-state index is 12.9. The Bertz CT molecular complexity index is 1100. The number of carbonyl (C=O) groups is 1. The molecule has 1 amide bonds. The molecule has 4 aromatic rings. The lowest BCUT2D eigenvalue weighted by atomic mass is 10.1. The summed E-state index contributed by atoms with van der Waals surface area (Å²) in [6.45, 7) is 1.68. The van der Waals surface area contributed by atoms with Gasteiger partial charge in [0.15, 0.2) is 0 Å². The quantitative estimate of drug-likeness (QED) is 0.605. The van der Waals surface area contributed by atoms with Gasteiger partial charge >= 0.3 is 0 Å². The van der Waals surface area contributed by atoms with Crippen molar-refractivity contribution in [2.45, 2.75) is 19.3 Å². The minimum absolute atomic E-state index is 0.0841. The molecule has 0 aliphatic carbocycles. The van der Waals surface area contributed by atoms with Gasteiger partial charge in [0.25, 0.3) is 5.91 Å². The average molecular weight is 345 g/mol. The second kappa shape index (κ2) is 5.98. The lowest BCUT2D eigenvalue weighted by Gasteiger charge is -2.26. The molecule has 6 heteroatoms. The predicted octanol–water partition coefficient (Wildman–Crippen LogP) is 3.50. The van der Waals surface area contributed by atoms with Crippen LogP contribution in [0.25, 0.3) is 27.7 Å². The fraction of sp³-hybridized carbons (Fsp3) is 0.250. The molecule has 0 saturated carbocycles. The predicted molar refractivity (Wildman–Crippen MR) is 100 cm³/mol. The minimum atomic E-state index is 0.0841. The van der Waals surface area contributed by atoms with Crippen molar-refractivity contribution in [3.63, 3.8) is 0 Å². The number of nitrogens with one attached hydrogen (secondary N) is 1. The highest BCUT2D eigenvalue weighted by Gasteiger charge is 2.22. The highest BCUT2D eigenvalue weighted by Crippen LogP contribution is 2.26. The number of amides is 1. The van der Waals surface area contributed by atoms with Crippen molar-refractivity contribution in [3.8, 4) is 11.3 Å². The Hall–Kier alpha value is -3.15. The topological polar surface area (TPSA) is 66.3 Å². The molecule has 130 valence electrons. The van der Waals surface area contributed by atoms with Crippen LogP contribution < -0.4 is 0 Å². The second-order valence-corrected chi connectivity index (χ2v) is 6.79. The van der Waals surface area contributed by atoms with Crippen LogP contribution in [0.1, 0.15) is 29.6 Å². The van der Waals surface area contributed by atoms with Crippen LogP contribution >= 0.6 is 0 Å². The van der Waals surface area contributed by atoms with E-state index in [-0.39, 0.29) is 5.91 Å². The third-order valence-corrected chi connectivity index (χ3v) is 5.15. The number of aromatic amines is 1. The van der Waals surface area contributed by atoms with Gasteiger partial charge in [-0.2, -0.15) is 10.2 Å². The number of fused-ring (bicyclic) bond motifs is 2. The largest absolute Gasteiger partial charge is 0.339 e. The Balaban J connectivity index is 1.59. The molecule has 1 saturated heterocycles. The van der Waals surface area contributed by atoms with E-state index in [4.69, 9.17) is 0 Å². The van der Waals surface area contributed by atoms with Crippen molar-refractivity contribution in [2.75, 3.05) is 13.1 Å². The van der Waals surface area contributed by atoms with Crippen molar-refractivity contribution in [2.24, 2.45) is 0 Å². The number of H-pyrrole nitrogens is 1. The summed E-state index contributed by atoms with van der Waals surface area (Å²) in [7, 11) is 0. The molecule has 1 aliphatic rings. The fourth-order valence-electron chi connectivity index (χ4n) is 3.76. The summed E-state index contributed by atoms with van der Waals surface area (Å²) in [5.74, 6) is 0.0841. The molecular formula is C20H19N5O. The molecule has 1 aliphatic heterocycles. The van der Waals surface area contributed by atoms with E-state index in [1.54, 1.807) is 6.20 Å². The van der Waals surface area contributed by atoms with E-state index in [1.807, 2.05) is 39.9 Å². The van der Waals surface area contributed by atoms with Crippen LogP contribution in [0, 0.1) is 0 Å². The SMILES string of the molecule is O=C(c1cnn2c(-c3ccc4cn[nH]c4c3)cccc12)N1CCCCC1. The Morgan fingerprint density at radius 3 is 2.81 bits per heavy atom. The second-order valence-electron chi connectivity index (χ2n) is 6.79. The highest BCUT2D eigenvalue weighted by atomic mass is 16.2. The first kappa shape index (κ1) is 15.1. The molecule has 6 nitrogen and oxygen atoms in total. The molecule has 1 aromatic carbocycles. The molecule has 4 heterocycles. The molecule has 26 heavy (non-hydrogen) atoms. The molecule has 0 bridgehead atoms. The Morgan fingerprint density at radius 1 is 1.04 bits per heavy atom. The zero-order valence-electron chi connectivity index (χ0n) is 14.4. The van der Waals surface area contributed by atoms with Crippen molar-refractivity contribution in [3.05, 3.63) is 54.4 Å². The van der Waals surface area contributed by atoms with E-state index in [0.717, 1.165) is 53.6 Å². The highest BCUT2D eigenvalue weighted by molar-refractivity contribution is 6.01. The first-order valence-corrected chi connectivity index (χ1v) is 9.01. The number of hydrogen-bond donors (Lipinski definition) is 1. The first-order chi connectivity index (χ1) is 12.8. The molecule has 0 radical (unpaired) electrons. The monoisotopic (exact) mass is 345 g/mol. The molecule has 5 rings (SSSR count). The van der Waals surface area contributed by atoms with Crippen LogP contribution in [-0.4, -0.2) is 43.7 Å². The van der Waals surface area contributed by atoms with Crippen molar-refractivity contribution >= 4 is 22.3 Å². The summed E-state index contributed by atoms with van der Waals surface area (Å²) in [5.41, 5.74) is 4.50. The van der Waals surface area contributed by atoms with E-state index >= 15 is 0 Å². The standard InChI is InChI=1S/C20H19N5O/c26-20(24-9-2-1-3-10-24)16-13-22-25-18(5-4-6-19(16)25)14-7-8-15-12-21-23-17(15)11-14/h4-8,11-13H,1-3,9-10H2,(H,21,23). The number of pyridine rings is 1. The van der Waals surface area contributed by atoms with Crippen LogP contribution in [0.2, 0.25) is 0 Å². The van der Waals surface area contributed by atoms with Crippen molar-refractivity contribution in [1.82, 2.24) is 24.7 Å². The van der Waals surface area contributed by atoms with Gasteiger partial charge in [0.05, 0.1) is 34.7 Å². The van der Waals surface area contributed by atoms with Crippen LogP contribution in [0.15, 0.2) is 48.8 Å². The maximum absolute atomic E-state index is 12.9. The van der Waals surface area contributed by atoms with Crippen LogP contribution in [0.4, 0.5) is 0 Å². The van der Waals surface area contributed by atoms with Gasteiger partial charge in [0, 0.05) is 24.0 Å². The van der Waals surface area contributed by atoms with Crippen molar-refractivity contribution in [1.29, 1.82) is 0 Å². The summed E-state index contributed by atoms with van der Waals surface area (Å²) in [5, 5.41) is 12.7. The smallest absolute Gasteiger partial charge is 0.257 e. The van der Waals surface area contributed by atoms with E-state index in [2.05, 4.69) is 27.4 Å². The number of nitrogens with zero attached hydrogens (tertiary/aromatic N) is 4. The zero-order valence-corrected chi connectivity index (χ0v) is 14.4. The van der Waals surface area contributed by atoms with Gasteiger partial charge in [0.2, 0.25) is 0 Å². The van der Waals surface area contributed by atoms with Crippen LogP contribution in [-0.2, 0) is 0 Å². The van der Waals surface area contributed by atoms with Gasteiger partial charge in [-0.3, -0.25) is 9.89 Å². The summed E-state index contributed by atoms with van der Waals surface area (Å²) in [4.78, 5) is 14.9. The molecule has 0 atom stereocenters. The Kier molecular flexibility index (Phi) is 3.48. The first-order valence-electron chi connectivity index (χ1n) is 9.01. The molecule has 1 N–H and O–H groups in total. The number of aromatic nitrogens is 4. The van der Waals surface area contributed by atoms with Crippen molar-refractivity contribution < 1.29 is 4.79 Å². The van der Waals surface area contributed by atoms with E-state index in [9.17, 15) is 4.79 Å².